The predicted octanol–water partition coefficient (Wildman–Crippen LogP) is 3.85. The highest BCUT2D eigenvalue weighted by atomic mass is 19.1. The van der Waals surface area contributed by atoms with Gasteiger partial charge in [-0.2, -0.15) is 0 Å². The largest absolute Gasteiger partial charge is 0.479 e. The van der Waals surface area contributed by atoms with Gasteiger partial charge in [-0.05, 0) is 49.6 Å². The lowest BCUT2D eigenvalue weighted by atomic mass is 9.90. The molecule has 0 bridgehead atoms. The number of carboxylic acids is 1. The van der Waals surface area contributed by atoms with Crippen molar-refractivity contribution in [3.8, 4) is 0 Å². The summed E-state index contributed by atoms with van der Waals surface area (Å²) < 4.78 is 13.8. The number of aliphatic carboxylic acids is 1. The Bertz CT molecular complexity index is 684. The summed E-state index contributed by atoms with van der Waals surface area (Å²) in [6.07, 6.45) is 0. The molecule has 1 unspecified atom stereocenters. The molecule has 0 aliphatic carbocycles. The van der Waals surface area contributed by atoms with Crippen LogP contribution in [0.4, 0.5) is 10.1 Å². The molecule has 2 aromatic carbocycles. The lowest BCUT2D eigenvalue weighted by Crippen LogP contribution is -2.40. The Balaban J connectivity index is 2.48. The minimum atomic E-state index is -1.40. The normalized spacial score (nSPS) is 13.5. The van der Waals surface area contributed by atoms with Gasteiger partial charge in [0, 0.05) is 5.69 Å². The maximum atomic E-state index is 13.8. The Morgan fingerprint density at radius 2 is 1.81 bits per heavy atom. The zero-order valence-corrected chi connectivity index (χ0v) is 12.3. The second-order valence-corrected chi connectivity index (χ2v) is 5.33. The van der Waals surface area contributed by atoms with Crippen LogP contribution in [0, 0.1) is 19.7 Å². The quantitative estimate of drug-likeness (QED) is 0.898. The average Bonchev–Trinajstić information content (AvgIpc) is 2.44. The van der Waals surface area contributed by atoms with Gasteiger partial charge in [0.05, 0.1) is 0 Å². The highest BCUT2D eigenvalue weighted by Crippen LogP contribution is 2.29. The van der Waals surface area contributed by atoms with Crippen LogP contribution in [0.5, 0.6) is 0 Å². The van der Waals surface area contributed by atoms with Crippen molar-refractivity contribution >= 4 is 11.7 Å². The maximum Gasteiger partial charge on any atom is 0.333 e. The van der Waals surface area contributed by atoms with Gasteiger partial charge in [-0.3, -0.25) is 0 Å². The zero-order chi connectivity index (χ0) is 15.6. The van der Waals surface area contributed by atoms with E-state index in [1.54, 1.807) is 25.1 Å². The molecular weight excluding hydrogens is 269 g/mol. The summed E-state index contributed by atoms with van der Waals surface area (Å²) >= 11 is 0. The standard InChI is InChI=1S/C17H18FNO2/c1-11-8-9-13(10-14(11)18)17(3,16(20)21)19-15-7-5-4-6-12(15)2/h4-10,19H,1-3H3,(H,20,21). The van der Waals surface area contributed by atoms with E-state index < -0.39 is 17.3 Å². The minimum absolute atomic E-state index is 0.376. The van der Waals surface area contributed by atoms with Crippen molar-refractivity contribution in [2.75, 3.05) is 5.32 Å². The molecular formula is C17H18FNO2. The molecule has 0 fully saturated rings. The van der Waals surface area contributed by atoms with Crippen LogP contribution >= 0.6 is 0 Å². The Morgan fingerprint density at radius 1 is 1.14 bits per heavy atom. The van der Waals surface area contributed by atoms with Crippen LogP contribution in [0.2, 0.25) is 0 Å². The van der Waals surface area contributed by atoms with Gasteiger partial charge in [0.2, 0.25) is 0 Å². The monoisotopic (exact) mass is 287 g/mol. The first kappa shape index (κ1) is 15.0. The fraction of sp³-hybridized carbons (Fsp3) is 0.235. The molecule has 0 heterocycles. The number of carbonyl (C=O) groups is 1. The van der Waals surface area contributed by atoms with Crippen molar-refractivity contribution in [2.45, 2.75) is 26.3 Å². The first-order valence-corrected chi connectivity index (χ1v) is 6.68. The summed E-state index contributed by atoms with van der Waals surface area (Å²) in [7, 11) is 0. The first-order chi connectivity index (χ1) is 9.84. The Morgan fingerprint density at radius 3 is 2.38 bits per heavy atom. The van der Waals surface area contributed by atoms with Crippen molar-refractivity contribution in [1.82, 2.24) is 0 Å². The predicted molar refractivity (Wildman–Crippen MR) is 80.9 cm³/mol. The number of rotatable bonds is 4. The number of anilines is 1. The minimum Gasteiger partial charge on any atom is -0.479 e. The Labute approximate surface area is 123 Å². The number of para-hydroxylation sites is 1. The molecule has 0 aliphatic heterocycles. The second-order valence-electron chi connectivity index (χ2n) is 5.33. The van der Waals surface area contributed by atoms with Crippen molar-refractivity contribution in [3.63, 3.8) is 0 Å². The van der Waals surface area contributed by atoms with Gasteiger partial charge in [-0.15, -0.1) is 0 Å². The zero-order valence-electron chi connectivity index (χ0n) is 12.3. The molecule has 110 valence electrons. The van der Waals surface area contributed by atoms with Crippen LogP contribution in [-0.4, -0.2) is 11.1 Å². The molecule has 4 heteroatoms. The van der Waals surface area contributed by atoms with Gasteiger partial charge < -0.3 is 10.4 Å². The topological polar surface area (TPSA) is 49.3 Å². The maximum absolute atomic E-state index is 13.8. The summed E-state index contributed by atoms with van der Waals surface area (Å²) in [6.45, 7) is 5.07. The van der Waals surface area contributed by atoms with Crippen molar-refractivity contribution < 1.29 is 14.3 Å². The van der Waals surface area contributed by atoms with Crippen molar-refractivity contribution in [2.24, 2.45) is 0 Å². The van der Waals surface area contributed by atoms with Gasteiger partial charge in [0.15, 0.2) is 5.54 Å². The van der Waals surface area contributed by atoms with E-state index in [9.17, 15) is 14.3 Å². The molecule has 0 aromatic heterocycles. The lowest BCUT2D eigenvalue weighted by molar-refractivity contribution is -0.142. The number of halogens is 1. The third-order valence-corrected chi connectivity index (χ3v) is 3.71. The van der Waals surface area contributed by atoms with E-state index in [0.717, 1.165) is 5.56 Å². The Hall–Kier alpha value is -2.36. The summed E-state index contributed by atoms with van der Waals surface area (Å²) in [5, 5.41) is 12.6. The van der Waals surface area contributed by atoms with Gasteiger partial charge in [-0.1, -0.05) is 30.3 Å². The lowest BCUT2D eigenvalue weighted by Gasteiger charge is -2.29. The number of carboxylic acid groups (broad SMARTS) is 1. The molecule has 2 N–H and O–H groups in total. The first-order valence-electron chi connectivity index (χ1n) is 6.68. The summed E-state index contributed by atoms with van der Waals surface area (Å²) in [6, 6.07) is 11.9. The van der Waals surface area contributed by atoms with Crippen molar-refractivity contribution in [1.29, 1.82) is 0 Å². The number of hydrogen-bond donors (Lipinski definition) is 2. The molecule has 0 spiro atoms. The third kappa shape index (κ3) is 2.89. The summed E-state index contributed by atoms with van der Waals surface area (Å²) in [5.74, 6) is -1.47. The van der Waals surface area contributed by atoms with Gasteiger partial charge in [0.1, 0.15) is 5.82 Å². The SMILES string of the molecule is Cc1ccc(C(C)(Nc2ccccc2C)C(=O)O)cc1F. The fourth-order valence-corrected chi connectivity index (χ4v) is 2.14. The number of nitrogens with one attached hydrogen (secondary N) is 1. The highest BCUT2D eigenvalue weighted by Gasteiger charge is 2.36. The van der Waals surface area contributed by atoms with E-state index in [2.05, 4.69) is 5.32 Å². The molecule has 3 nitrogen and oxygen atoms in total. The molecule has 2 rings (SSSR count). The molecule has 0 amide bonds. The number of aryl methyl sites for hydroxylation is 2. The Kier molecular flexibility index (Phi) is 3.98. The molecule has 0 radical (unpaired) electrons. The van der Waals surface area contributed by atoms with Gasteiger partial charge in [-0.25, -0.2) is 9.18 Å². The highest BCUT2D eigenvalue weighted by molar-refractivity contribution is 5.84. The molecule has 1 atom stereocenters. The van der Waals surface area contributed by atoms with E-state index in [4.69, 9.17) is 0 Å². The van der Waals surface area contributed by atoms with Crippen molar-refractivity contribution in [3.05, 3.63) is 65.0 Å². The van der Waals surface area contributed by atoms with E-state index in [-0.39, 0.29) is 0 Å². The smallest absolute Gasteiger partial charge is 0.333 e. The van der Waals surface area contributed by atoms with E-state index in [1.807, 2.05) is 25.1 Å². The van der Waals surface area contributed by atoms with Crippen LogP contribution in [0.25, 0.3) is 0 Å². The third-order valence-electron chi connectivity index (χ3n) is 3.71. The van der Waals surface area contributed by atoms with Gasteiger partial charge >= 0.3 is 5.97 Å². The van der Waals surface area contributed by atoms with Crippen LogP contribution in [0.1, 0.15) is 23.6 Å². The molecule has 21 heavy (non-hydrogen) atoms. The molecule has 2 aromatic rings. The van der Waals surface area contributed by atoms with Crippen LogP contribution in [-0.2, 0) is 10.3 Å². The second kappa shape index (κ2) is 5.56. The number of hydrogen-bond acceptors (Lipinski definition) is 2. The average molecular weight is 287 g/mol. The molecule has 0 aliphatic rings. The van der Waals surface area contributed by atoms with Gasteiger partial charge in [0.25, 0.3) is 0 Å². The fourth-order valence-electron chi connectivity index (χ4n) is 2.14. The van der Waals surface area contributed by atoms with E-state index in [0.29, 0.717) is 16.8 Å². The molecule has 0 saturated heterocycles. The van der Waals surface area contributed by atoms with E-state index in [1.165, 1.54) is 13.0 Å². The summed E-state index contributed by atoms with van der Waals surface area (Å²) in [4.78, 5) is 11.7. The van der Waals surface area contributed by atoms with Crippen LogP contribution < -0.4 is 5.32 Å². The molecule has 0 saturated carbocycles. The van der Waals surface area contributed by atoms with Crippen LogP contribution in [0.15, 0.2) is 42.5 Å². The van der Waals surface area contributed by atoms with Crippen LogP contribution in [0.3, 0.4) is 0 Å². The number of benzene rings is 2. The summed E-state index contributed by atoms with van der Waals surface area (Å²) in [5.41, 5.74) is 1.10. The van der Waals surface area contributed by atoms with E-state index >= 15 is 0 Å².